The monoisotopic (exact) mass is 182 g/mol. The Morgan fingerprint density at radius 1 is 1.10 bits per heavy atom. The zero-order valence-corrected chi connectivity index (χ0v) is 8.30. The van der Waals surface area contributed by atoms with Crippen LogP contribution in [0.25, 0.3) is 0 Å². The minimum absolute atomic E-state index is 0.309. The lowest BCUT2D eigenvalue weighted by Gasteiger charge is -2.27. The Morgan fingerprint density at radius 3 is 1.70 bits per heavy atom. The highest BCUT2D eigenvalue weighted by Gasteiger charge is 2.23. The summed E-state index contributed by atoms with van der Waals surface area (Å²) < 4.78 is 0. The van der Waals surface area contributed by atoms with Gasteiger partial charge in [0.15, 0.2) is 0 Å². The molecule has 0 aliphatic carbocycles. The maximum atomic E-state index is 5.84. The van der Waals surface area contributed by atoms with E-state index in [0.717, 1.165) is 31.0 Å². The first-order valence-corrected chi connectivity index (χ1v) is 4.93. The molecule has 0 aliphatic rings. The molecule has 0 aromatic carbocycles. The molecule has 0 atom stereocenters. The molecule has 0 nitrogen and oxygen atoms in total. The molecule has 0 saturated carbocycles. The summed E-state index contributed by atoms with van der Waals surface area (Å²) in [6.07, 6.45) is 3.32. The van der Waals surface area contributed by atoms with E-state index in [-0.39, 0.29) is 0 Å². The molecular weight excluding hydrogens is 167 g/mol. The summed E-state index contributed by atoms with van der Waals surface area (Å²) in [5.74, 6) is 1.47. The molecule has 0 radical (unpaired) electrons. The Labute approximate surface area is 73.9 Å². The van der Waals surface area contributed by atoms with E-state index in [1.165, 1.54) is 0 Å². The molecular formula is C8H16Cl2. The lowest BCUT2D eigenvalue weighted by Crippen LogP contribution is -2.21. The number of hydrogen-bond acceptors (Lipinski definition) is 0. The fraction of sp³-hybridized carbons (Fsp3) is 1.00. The fourth-order valence-corrected chi connectivity index (χ4v) is 1.97. The first kappa shape index (κ1) is 10.6. The van der Waals surface area contributed by atoms with Crippen LogP contribution in [0.2, 0.25) is 0 Å². The molecule has 0 bridgehead atoms. The largest absolute Gasteiger partial charge is 0.127 e. The van der Waals surface area contributed by atoms with Crippen molar-refractivity contribution in [3.8, 4) is 0 Å². The van der Waals surface area contributed by atoms with Gasteiger partial charge >= 0.3 is 0 Å². The van der Waals surface area contributed by atoms with Gasteiger partial charge in [-0.05, 0) is 24.7 Å². The number of alkyl halides is 2. The van der Waals surface area contributed by atoms with Crippen molar-refractivity contribution in [2.24, 2.45) is 5.41 Å². The van der Waals surface area contributed by atoms with E-state index in [1.807, 2.05) is 0 Å². The van der Waals surface area contributed by atoms with E-state index >= 15 is 0 Å². The maximum absolute atomic E-state index is 5.84. The number of halogens is 2. The Kier molecular flexibility index (Phi) is 5.56. The third-order valence-electron chi connectivity index (χ3n) is 2.41. The molecule has 0 N–H and O–H groups in total. The minimum atomic E-state index is 0.309. The van der Waals surface area contributed by atoms with Crippen LogP contribution in [0.4, 0.5) is 0 Å². The third-order valence-corrected chi connectivity index (χ3v) is 3.16. The van der Waals surface area contributed by atoms with Crippen molar-refractivity contribution in [3.63, 3.8) is 0 Å². The molecule has 0 unspecified atom stereocenters. The summed E-state index contributed by atoms with van der Waals surface area (Å²) in [5, 5.41) is 0. The molecule has 0 aliphatic heterocycles. The van der Waals surface area contributed by atoms with Gasteiger partial charge in [-0.15, -0.1) is 23.2 Å². The molecule has 0 heterocycles. The fourth-order valence-electron chi connectivity index (χ4n) is 1.06. The van der Waals surface area contributed by atoms with E-state index in [4.69, 9.17) is 23.2 Å². The molecule has 0 spiro atoms. The summed E-state index contributed by atoms with van der Waals surface area (Å²) in [5.41, 5.74) is 0.309. The molecule has 0 saturated heterocycles. The minimum Gasteiger partial charge on any atom is -0.127 e. The molecule has 0 fully saturated rings. The summed E-state index contributed by atoms with van der Waals surface area (Å²) in [7, 11) is 0. The van der Waals surface area contributed by atoms with Gasteiger partial charge < -0.3 is 0 Å². The zero-order valence-electron chi connectivity index (χ0n) is 6.79. The van der Waals surface area contributed by atoms with E-state index in [2.05, 4.69) is 13.8 Å². The van der Waals surface area contributed by atoms with Crippen molar-refractivity contribution in [2.45, 2.75) is 33.1 Å². The van der Waals surface area contributed by atoms with Gasteiger partial charge in [-0.3, -0.25) is 0 Å². The van der Waals surface area contributed by atoms with Crippen LogP contribution in [0.3, 0.4) is 0 Å². The summed E-state index contributed by atoms with van der Waals surface area (Å²) in [6.45, 7) is 4.36. The smallest absolute Gasteiger partial charge is 0.0280 e. The standard InChI is InChI=1S/C8H16Cl2/c1-3-8(4-2,7-10)5-6-9/h3-7H2,1-2H3. The average molecular weight is 183 g/mol. The second kappa shape index (κ2) is 5.26. The highest BCUT2D eigenvalue weighted by molar-refractivity contribution is 6.19. The van der Waals surface area contributed by atoms with Gasteiger partial charge in [0.05, 0.1) is 0 Å². The molecule has 0 aromatic heterocycles. The van der Waals surface area contributed by atoms with Crippen LogP contribution in [0.15, 0.2) is 0 Å². The van der Waals surface area contributed by atoms with Crippen molar-refractivity contribution in [1.29, 1.82) is 0 Å². The lowest BCUT2D eigenvalue weighted by molar-refractivity contribution is 0.294. The molecule has 0 amide bonds. The van der Waals surface area contributed by atoms with Crippen LogP contribution in [0.5, 0.6) is 0 Å². The summed E-state index contributed by atoms with van der Waals surface area (Å²) in [4.78, 5) is 0. The zero-order chi connectivity index (χ0) is 8.04. The van der Waals surface area contributed by atoms with Crippen LogP contribution in [-0.4, -0.2) is 11.8 Å². The predicted molar refractivity (Wildman–Crippen MR) is 49.1 cm³/mol. The Hall–Kier alpha value is 0.580. The Balaban J connectivity index is 3.87. The number of hydrogen-bond donors (Lipinski definition) is 0. The molecule has 0 aromatic rings. The molecule has 0 rings (SSSR count). The Bertz CT molecular complexity index is 69.1. The van der Waals surface area contributed by atoms with Crippen molar-refractivity contribution in [3.05, 3.63) is 0 Å². The van der Waals surface area contributed by atoms with Crippen molar-refractivity contribution in [2.75, 3.05) is 11.8 Å². The average Bonchev–Trinajstić information content (AvgIpc) is 2.01. The van der Waals surface area contributed by atoms with Crippen LogP contribution in [0, 0.1) is 5.41 Å². The van der Waals surface area contributed by atoms with E-state index in [9.17, 15) is 0 Å². The molecule has 2 heteroatoms. The first-order chi connectivity index (χ1) is 4.74. The highest BCUT2D eigenvalue weighted by Crippen LogP contribution is 2.32. The highest BCUT2D eigenvalue weighted by atomic mass is 35.5. The van der Waals surface area contributed by atoms with Gasteiger partial charge in [0.25, 0.3) is 0 Å². The van der Waals surface area contributed by atoms with Crippen LogP contribution < -0.4 is 0 Å². The topological polar surface area (TPSA) is 0 Å². The Morgan fingerprint density at radius 2 is 1.60 bits per heavy atom. The van der Waals surface area contributed by atoms with Gasteiger partial charge in [0, 0.05) is 11.8 Å². The van der Waals surface area contributed by atoms with Gasteiger partial charge in [-0.25, -0.2) is 0 Å². The SMILES string of the molecule is CCC(CC)(CCl)CCCl. The van der Waals surface area contributed by atoms with Gasteiger partial charge in [-0.2, -0.15) is 0 Å². The van der Waals surface area contributed by atoms with Crippen molar-refractivity contribution >= 4 is 23.2 Å². The van der Waals surface area contributed by atoms with Crippen LogP contribution in [-0.2, 0) is 0 Å². The van der Waals surface area contributed by atoms with E-state index in [0.29, 0.717) is 5.41 Å². The van der Waals surface area contributed by atoms with Gasteiger partial charge in [0.2, 0.25) is 0 Å². The molecule has 62 valence electrons. The summed E-state index contributed by atoms with van der Waals surface area (Å²) >= 11 is 11.5. The van der Waals surface area contributed by atoms with Crippen molar-refractivity contribution < 1.29 is 0 Å². The second-order valence-electron chi connectivity index (χ2n) is 2.78. The summed E-state index contributed by atoms with van der Waals surface area (Å²) in [6, 6.07) is 0. The van der Waals surface area contributed by atoms with E-state index in [1.54, 1.807) is 0 Å². The van der Waals surface area contributed by atoms with Crippen molar-refractivity contribution in [1.82, 2.24) is 0 Å². The number of rotatable bonds is 5. The van der Waals surface area contributed by atoms with Gasteiger partial charge in [0.1, 0.15) is 0 Å². The van der Waals surface area contributed by atoms with Crippen LogP contribution >= 0.6 is 23.2 Å². The third kappa shape index (κ3) is 2.67. The lowest BCUT2D eigenvalue weighted by atomic mass is 9.82. The normalized spacial score (nSPS) is 12.0. The van der Waals surface area contributed by atoms with Crippen LogP contribution in [0.1, 0.15) is 33.1 Å². The maximum Gasteiger partial charge on any atom is 0.0280 e. The first-order valence-electron chi connectivity index (χ1n) is 3.86. The second-order valence-corrected chi connectivity index (χ2v) is 3.42. The quantitative estimate of drug-likeness (QED) is 0.570. The van der Waals surface area contributed by atoms with Gasteiger partial charge in [-0.1, -0.05) is 13.8 Å². The predicted octanol–water partition coefficient (Wildman–Crippen LogP) is 3.66. The van der Waals surface area contributed by atoms with E-state index < -0.39 is 0 Å². The molecule has 10 heavy (non-hydrogen) atoms.